The Morgan fingerprint density at radius 1 is 1.31 bits per heavy atom. The zero-order valence-electron chi connectivity index (χ0n) is 17.6. The molecule has 0 saturated carbocycles. The molecule has 29 heavy (non-hydrogen) atoms. The lowest BCUT2D eigenvalue weighted by Crippen LogP contribution is -2.46. The van der Waals surface area contributed by atoms with E-state index in [0.29, 0.717) is 5.76 Å². The minimum Gasteiger partial charge on any atom is -0.497 e. The van der Waals surface area contributed by atoms with E-state index in [1.165, 1.54) is 5.56 Å². The van der Waals surface area contributed by atoms with Crippen LogP contribution in [0.1, 0.15) is 44.2 Å². The Morgan fingerprint density at radius 3 is 2.69 bits per heavy atom. The Morgan fingerprint density at radius 2 is 2.03 bits per heavy atom. The van der Waals surface area contributed by atoms with Gasteiger partial charge in [0.1, 0.15) is 11.3 Å². The molecule has 2 aliphatic heterocycles. The number of nitrogens with zero attached hydrogens (tertiary/aromatic N) is 1. The maximum absolute atomic E-state index is 12.7. The van der Waals surface area contributed by atoms with E-state index < -0.39 is 17.6 Å². The average molecular weight is 402 g/mol. The minimum absolute atomic E-state index is 0.0743. The van der Waals surface area contributed by atoms with Crippen LogP contribution in [0.2, 0.25) is 0 Å². The smallest absolute Gasteiger partial charge is 0.326 e. The third kappa shape index (κ3) is 3.57. The summed E-state index contributed by atoms with van der Waals surface area (Å²) in [6.07, 6.45) is 3.51. The van der Waals surface area contributed by atoms with Crippen molar-refractivity contribution in [1.29, 1.82) is 0 Å². The van der Waals surface area contributed by atoms with E-state index >= 15 is 0 Å². The quantitative estimate of drug-likeness (QED) is 0.757. The summed E-state index contributed by atoms with van der Waals surface area (Å²) >= 11 is 0. The fourth-order valence-corrected chi connectivity index (χ4v) is 4.47. The van der Waals surface area contributed by atoms with Crippen LogP contribution in [0.3, 0.4) is 0 Å². The van der Waals surface area contributed by atoms with Gasteiger partial charge >= 0.3 is 5.97 Å². The molecule has 0 amide bonds. The van der Waals surface area contributed by atoms with Gasteiger partial charge in [-0.1, -0.05) is 6.92 Å². The van der Waals surface area contributed by atoms with Gasteiger partial charge in [0.25, 0.3) is 0 Å². The summed E-state index contributed by atoms with van der Waals surface area (Å²) in [4.78, 5) is 15.1. The lowest BCUT2D eigenvalue weighted by molar-refractivity contribution is -0.155. The maximum Gasteiger partial charge on any atom is 0.326 e. The molecule has 3 atom stereocenters. The molecule has 7 heteroatoms. The van der Waals surface area contributed by atoms with E-state index in [9.17, 15) is 4.79 Å². The SMILES string of the molecule is CCCN1CCc2cc3c(cc2C2C(OC(=O)C(C)(C)N)C(OC)=CC21)OCO3. The second-order valence-electron chi connectivity index (χ2n) is 8.53. The Kier molecular flexibility index (Phi) is 5.21. The molecule has 2 N–H and O–H groups in total. The van der Waals surface area contributed by atoms with Crippen LogP contribution in [-0.2, 0) is 20.7 Å². The van der Waals surface area contributed by atoms with Crippen LogP contribution < -0.4 is 15.2 Å². The summed E-state index contributed by atoms with van der Waals surface area (Å²) < 4.78 is 22.8. The van der Waals surface area contributed by atoms with E-state index in [0.717, 1.165) is 43.0 Å². The normalized spacial score (nSPS) is 25.7. The number of hydrogen-bond donors (Lipinski definition) is 1. The predicted octanol–water partition coefficient (Wildman–Crippen LogP) is 2.33. The van der Waals surface area contributed by atoms with Gasteiger partial charge in [0.2, 0.25) is 6.79 Å². The highest BCUT2D eigenvalue weighted by Gasteiger charge is 2.47. The zero-order chi connectivity index (χ0) is 20.8. The molecule has 4 rings (SSSR count). The standard InChI is InChI=1S/C22H30N2O5/c1-5-7-24-8-6-13-9-16-17(28-12-27-16)10-14(13)19-15(24)11-18(26-4)20(19)29-21(25)22(2,3)23/h9-11,15,19-20H,5-8,12,23H2,1-4H3. The molecule has 1 aromatic rings. The first kappa shape index (κ1) is 20.0. The van der Waals surface area contributed by atoms with Gasteiger partial charge in [0.05, 0.1) is 7.11 Å². The monoisotopic (exact) mass is 402 g/mol. The summed E-state index contributed by atoms with van der Waals surface area (Å²) in [6, 6.07) is 4.19. The number of nitrogens with two attached hydrogens (primary N) is 1. The number of carbonyl (C=O) groups is 1. The van der Waals surface area contributed by atoms with Crippen LogP contribution in [0, 0.1) is 0 Å². The molecule has 7 nitrogen and oxygen atoms in total. The molecule has 0 saturated heterocycles. The van der Waals surface area contributed by atoms with Crippen molar-refractivity contribution in [3.05, 3.63) is 35.1 Å². The minimum atomic E-state index is -1.08. The Hall–Kier alpha value is -2.25. The number of rotatable bonds is 5. The van der Waals surface area contributed by atoms with Crippen molar-refractivity contribution in [2.45, 2.75) is 57.2 Å². The zero-order valence-corrected chi connectivity index (χ0v) is 17.6. The number of fused-ring (bicyclic) bond motifs is 4. The number of methoxy groups -OCH3 is 1. The van der Waals surface area contributed by atoms with Crippen molar-refractivity contribution in [3.63, 3.8) is 0 Å². The molecular weight excluding hydrogens is 372 g/mol. The molecule has 0 radical (unpaired) electrons. The molecule has 158 valence electrons. The molecule has 1 aromatic carbocycles. The Bertz CT molecular complexity index is 829. The Balaban J connectivity index is 1.78. The van der Waals surface area contributed by atoms with Crippen molar-refractivity contribution in [1.82, 2.24) is 4.90 Å². The highest BCUT2D eigenvalue weighted by atomic mass is 16.7. The molecule has 0 fully saturated rings. The molecule has 1 aliphatic carbocycles. The summed E-state index contributed by atoms with van der Waals surface area (Å²) in [7, 11) is 1.62. The maximum atomic E-state index is 12.7. The van der Waals surface area contributed by atoms with Gasteiger partial charge in [0, 0.05) is 18.5 Å². The van der Waals surface area contributed by atoms with Gasteiger partial charge < -0.3 is 24.7 Å². The van der Waals surface area contributed by atoms with Crippen molar-refractivity contribution < 1.29 is 23.7 Å². The summed E-state index contributed by atoms with van der Waals surface area (Å²) in [5.74, 6) is 1.65. The largest absolute Gasteiger partial charge is 0.497 e. The van der Waals surface area contributed by atoms with Crippen molar-refractivity contribution in [2.24, 2.45) is 5.73 Å². The fraction of sp³-hybridized carbons (Fsp3) is 0.591. The van der Waals surface area contributed by atoms with Gasteiger partial charge in [-0.05, 0) is 62.6 Å². The summed E-state index contributed by atoms with van der Waals surface area (Å²) in [5.41, 5.74) is 7.24. The van der Waals surface area contributed by atoms with Crippen LogP contribution in [0.5, 0.6) is 11.5 Å². The topological polar surface area (TPSA) is 83.3 Å². The lowest BCUT2D eigenvalue weighted by atomic mass is 9.87. The Labute approximate surface area is 171 Å². The second-order valence-corrected chi connectivity index (χ2v) is 8.53. The molecule has 0 aromatic heterocycles. The molecule has 0 spiro atoms. The first-order valence-electron chi connectivity index (χ1n) is 10.3. The highest BCUT2D eigenvalue weighted by molar-refractivity contribution is 5.80. The third-order valence-electron chi connectivity index (χ3n) is 5.90. The number of ether oxygens (including phenoxy) is 4. The second kappa shape index (κ2) is 7.54. The molecule has 2 heterocycles. The van der Waals surface area contributed by atoms with Crippen LogP contribution in [-0.4, -0.2) is 55.5 Å². The van der Waals surface area contributed by atoms with Gasteiger partial charge in [-0.15, -0.1) is 0 Å². The van der Waals surface area contributed by atoms with Crippen LogP contribution >= 0.6 is 0 Å². The average Bonchev–Trinajstić information content (AvgIpc) is 3.23. The summed E-state index contributed by atoms with van der Waals surface area (Å²) in [6.45, 7) is 7.58. The van der Waals surface area contributed by atoms with Crippen molar-refractivity contribution >= 4 is 5.97 Å². The van der Waals surface area contributed by atoms with Gasteiger partial charge in [0.15, 0.2) is 17.6 Å². The van der Waals surface area contributed by atoms with Crippen LogP contribution in [0.15, 0.2) is 24.0 Å². The first-order valence-corrected chi connectivity index (χ1v) is 10.3. The van der Waals surface area contributed by atoms with Crippen molar-refractivity contribution in [2.75, 3.05) is 27.0 Å². The predicted molar refractivity (Wildman–Crippen MR) is 108 cm³/mol. The van der Waals surface area contributed by atoms with E-state index in [2.05, 4.69) is 24.0 Å². The van der Waals surface area contributed by atoms with E-state index in [1.54, 1.807) is 21.0 Å². The van der Waals surface area contributed by atoms with Crippen LogP contribution in [0.25, 0.3) is 0 Å². The van der Waals surface area contributed by atoms with Gasteiger partial charge in [-0.2, -0.15) is 0 Å². The molecule has 3 aliphatic rings. The summed E-state index contributed by atoms with van der Waals surface area (Å²) in [5, 5.41) is 0. The highest BCUT2D eigenvalue weighted by Crippen LogP contribution is 2.46. The van der Waals surface area contributed by atoms with Gasteiger partial charge in [-0.3, -0.25) is 9.69 Å². The number of hydrogen-bond acceptors (Lipinski definition) is 7. The third-order valence-corrected chi connectivity index (χ3v) is 5.90. The fourth-order valence-electron chi connectivity index (χ4n) is 4.47. The lowest BCUT2D eigenvalue weighted by Gasteiger charge is -2.33. The number of esters is 1. The first-order chi connectivity index (χ1) is 13.8. The molecule has 3 unspecified atom stereocenters. The van der Waals surface area contributed by atoms with Crippen molar-refractivity contribution in [3.8, 4) is 11.5 Å². The molecule has 0 bridgehead atoms. The van der Waals surface area contributed by atoms with E-state index in [1.807, 2.05) is 6.07 Å². The molecular formula is C22H30N2O5. The van der Waals surface area contributed by atoms with Gasteiger partial charge in [-0.25, -0.2) is 0 Å². The van der Waals surface area contributed by atoms with E-state index in [-0.39, 0.29) is 18.8 Å². The number of carbonyl (C=O) groups excluding carboxylic acids is 1. The van der Waals surface area contributed by atoms with E-state index in [4.69, 9.17) is 24.7 Å². The van der Waals surface area contributed by atoms with Crippen LogP contribution in [0.4, 0.5) is 0 Å². The number of benzene rings is 1.